The van der Waals surface area contributed by atoms with Crippen molar-refractivity contribution in [2.24, 2.45) is 0 Å². The molecule has 1 N–H and O–H groups in total. The molecule has 112 valence electrons. The highest BCUT2D eigenvalue weighted by atomic mass is 16.5. The third kappa shape index (κ3) is 2.09. The van der Waals surface area contributed by atoms with Crippen LogP contribution in [0.1, 0.15) is 34.3 Å². The van der Waals surface area contributed by atoms with Crippen molar-refractivity contribution in [2.75, 3.05) is 7.11 Å². The summed E-state index contributed by atoms with van der Waals surface area (Å²) in [7, 11) is 1.48. The molecule has 7 nitrogen and oxygen atoms in total. The van der Waals surface area contributed by atoms with E-state index in [0.717, 1.165) is 0 Å². The van der Waals surface area contributed by atoms with Gasteiger partial charge in [-0.15, -0.1) is 0 Å². The summed E-state index contributed by atoms with van der Waals surface area (Å²) in [5.74, 6) is -0.662. The van der Waals surface area contributed by atoms with Gasteiger partial charge in [0.1, 0.15) is 17.9 Å². The Bertz CT molecular complexity index is 735. The fourth-order valence-corrected chi connectivity index (χ4v) is 2.89. The first-order valence-electron chi connectivity index (χ1n) is 6.81. The lowest BCUT2D eigenvalue weighted by Gasteiger charge is -2.29. The lowest BCUT2D eigenvalue weighted by atomic mass is 10.0. The van der Waals surface area contributed by atoms with Gasteiger partial charge in [-0.3, -0.25) is 19.7 Å². The summed E-state index contributed by atoms with van der Waals surface area (Å²) in [4.78, 5) is 37.2. The SMILES string of the molecule is COc1cc(C#N)c2c(c1)CN(C1CCC(=O)NC1=O)C2=O. The number of carbonyl (C=O) groups excluding carboxylic acids is 3. The Balaban J connectivity index is 1.96. The van der Waals surface area contributed by atoms with Crippen molar-refractivity contribution in [2.45, 2.75) is 25.4 Å². The van der Waals surface area contributed by atoms with E-state index in [4.69, 9.17) is 4.74 Å². The van der Waals surface area contributed by atoms with Crippen LogP contribution in [0.2, 0.25) is 0 Å². The van der Waals surface area contributed by atoms with E-state index in [2.05, 4.69) is 5.32 Å². The van der Waals surface area contributed by atoms with Crippen LogP contribution in [0.15, 0.2) is 12.1 Å². The predicted molar refractivity (Wildman–Crippen MR) is 73.8 cm³/mol. The third-order valence-electron chi connectivity index (χ3n) is 3.95. The Hall–Kier alpha value is -2.88. The number of ether oxygens (including phenoxy) is 1. The van der Waals surface area contributed by atoms with Crippen molar-refractivity contribution in [3.8, 4) is 11.8 Å². The number of hydrogen-bond donors (Lipinski definition) is 1. The number of fused-ring (bicyclic) bond motifs is 1. The monoisotopic (exact) mass is 299 g/mol. The standard InChI is InChI=1S/C15H13N3O4/c1-22-10-4-8(6-16)13-9(5-10)7-18(15(13)21)11-2-3-12(19)17-14(11)20/h4-5,11H,2-3,7H2,1H3,(H,17,19,20). The topological polar surface area (TPSA) is 99.5 Å². The van der Waals surface area contributed by atoms with Crippen molar-refractivity contribution in [1.29, 1.82) is 5.26 Å². The number of piperidine rings is 1. The molecule has 0 radical (unpaired) electrons. The van der Waals surface area contributed by atoms with Gasteiger partial charge in [-0.2, -0.15) is 5.26 Å². The van der Waals surface area contributed by atoms with Crippen LogP contribution in [0.4, 0.5) is 0 Å². The molecule has 0 bridgehead atoms. The Labute approximate surface area is 126 Å². The predicted octanol–water partition coefficient (Wildman–Crippen LogP) is 0.328. The first-order chi connectivity index (χ1) is 10.5. The van der Waals surface area contributed by atoms with E-state index < -0.39 is 11.9 Å². The molecule has 1 unspecified atom stereocenters. The largest absolute Gasteiger partial charge is 0.497 e. The molecule has 0 spiro atoms. The fourth-order valence-electron chi connectivity index (χ4n) is 2.89. The number of benzene rings is 1. The zero-order valence-electron chi connectivity index (χ0n) is 11.9. The highest BCUT2D eigenvalue weighted by molar-refractivity contribution is 6.06. The van der Waals surface area contributed by atoms with Crippen molar-refractivity contribution >= 4 is 17.7 Å². The lowest BCUT2D eigenvalue weighted by molar-refractivity contribution is -0.136. The molecule has 1 aromatic carbocycles. The van der Waals surface area contributed by atoms with E-state index in [1.54, 1.807) is 6.07 Å². The van der Waals surface area contributed by atoms with Crippen LogP contribution in [-0.2, 0) is 16.1 Å². The Morgan fingerprint density at radius 2 is 2.14 bits per heavy atom. The van der Waals surface area contributed by atoms with Crippen LogP contribution >= 0.6 is 0 Å². The molecular weight excluding hydrogens is 286 g/mol. The smallest absolute Gasteiger partial charge is 0.256 e. The highest BCUT2D eigenvalue weighted by Gasteiger charge is 2.40. The molecule has 2 aliphatic heterocycles. The molecule has 3 amide bonds. The lowest BCUT2D eigenvalue weighted by Crippen LogP contribution is -2.52. The Morgan fingerprint density at radius 1 is 1.36 bits per heavy atom. The van der Waals surface area contributed by atoms with E-state index in [0.29, 0.717) is 23.3 Å². The van der Waals surface area contributed by atoms with Crippen molar-refractivity contribution in [1.82, 2.24) is 10.2 Å². The summed E-state index contributed by atoms with van der Waals surface area (Å²) in [6.07, 6.45) is 0.494. The summed E-state index contributed by atoms with van der Waals surface area (Å²) in [6.45, 7) is 0.228. The first-order valence-corrected chi connectivity index (χ1v) is 6.81. The minimum atomic E-state index is -0.685. The number of nitrogens with one attached hydrogen (secondary N) is 1. The maximum atomic E-state index is 12.6. The summed E-state index contributed by atoms with van der Waals surface area (Å²) in [5.41, 5.74) is 1.20. The maximum absolute atomic E-state index is 12.6. The van der Waals surface area contributed by atoms with Crippen LogP contribution in [0.25, 0.3) is 0 Å². The van der Waals surface area contributed by atoms with Gasteiger partial charge < -0.3 is 9.64 Å². The summed E-state index contributed by atoms with van der Waals surface area (Å²) in [6, 6.07) is 4.51. The Kier molecular flexibility index (Phi) is 3.29. The molecule has 2 aliphatic rings. The Morgan fingerprint density at radius 3 is 2.77 bits per heavy atom. The number of methoxy groups -OCH3 is 1. The van der Waals surface area contributed by atoms with E-state index in [1.165, 1.54) is 18.1 Å². The molecule has 1 saturated heterocycles. The fraction of sp³-hybridized carbons (Fsp3) is 0.333. The van der Waals surface area contributed by atoms with Crippen LogP contribution in [-0.4, -0.2) is 35.8 Å². The minimum absolute atomic E-state index is 0.199. The molecular formula is C15H13N3O4. The molecule has 0 aliphatic carbocycles. The quantitative estimate of drug-likeness (QED) is 0.793. The normalized spacial score (nSPS) is 20.5. The highest BCUT2D eigenvalue weighted by Crippen LogP contribution is 2.32. The number of nitrogens with zero attached hydrogens (tertiary/aromatic N) is 2. The summed E-state index contributed by atoms with van der Waals surface area (Å²) < 4.78 is 5.13. The van der Waals surface area contributed by atoms with Gasteiger partial charge in [0.15, 0.2) is 0 Å². The molecule has 22 heavy (non-hydrogen) atoms. The van der Waals surface area contributed by atoms with Gasteiger partial charge in [0.2, 0.25) is 11.8 Å². The zero-order valence-corrected chi connectivity index (χ0v) is 11.9. The molecule has 3 rings (SSSR count). The molecule has 1 aromatic rings. The maximum Gasteiger partial charge on any atom is 0.256 e. The van der Waals surface area contributed by atoms with Gasteiger partial charge in [0.05, 0.1) is 18.2 Å². The number of nitriles is 1. The number of imide groups is 1. The molecule has 1 fully saturated rings. The van der Waals surface area contributed by atoms with E-state index >= 15 is 0 Å². The second-order valence-corrected chi connectivity index (χ2v) is 5.22. The van der Waals surface area contributed by atoms with Crippen LogP contribution in [0, 0.1) is 11.3 Å². The second kappa shape index (κ2) is 5.15. The average Bonchev–Trinajstić information content (AvgIpc) is 2.83. The van der Waals surface area contributed by atoms with Crippen molar-refractivity contribution in [3.05, 3.63) is 28.8 Å². The first kappa shape index (κ1) is 14.1. The molecule has 7 heteroatoms. The minimum Gasteiger partial charge on any atom is -0.497 e. The molecule has 0 saturated carbocycles. The molecule has 0 aromatic heterocycles. The average molecular weight is 299 g/mol. The summed E-state index contributed by atoms with van der Waals surface area (Å²) >= 11 is 0. The third-order valence-corrected chi connectivity index (χ3v) is 3.95. The zero-order chi connectivity index (χ0) is 15.9. The molecule has 2 heterocycles. The van der Waals surface area contributed by atoms with Crippen molar-refractivity contribution < 1.29 is 19.1 Å². The number of amides is 3. The van der Waals surface area contributed by atoms with Gasteiger partial charge in [-0.1, -0.05) is 0 Å². The number of hydrogen-bond acceptors (Lipinski definition) is 5. The second-order valence-electron chi connectivity index (χ2n) is 5.22. The number of rotatable bonds is 2. The van der Waals surface area contributed by atoms with E-state index in [1.807, 2.05) is 6.07 Å². The van der Waals surface area contributed by atoms with Crippen LogP contribution in [0.5, 0.6) is 5.75 Å². The van der Waals surface area contributed by atoms with Gasteiger partial charge >= 0.3 is 0 Å². The van der Waals surface area contributed by atoms with Gasteiger partial charge in [0, 0.05) is 13.0 Å². The van der Waals surface area contributed by atoms with Gasteiger partial charge in [0.25, 0.3) is 5.91 Å². The summed E-state index contributed by atoms with van der Waals surface area (Å²) in [5, 5.41) is 11.5. The van der Waals surface area contributed by atoms with Crippen LogP contribution in [0.3, 0.4) is 0 Å². The number of carbonyl (C=O) groups is 3. The van der Waals surface area contributed by atoms with Gasteiger partial charge in [-0.25, -0.2) is 0 Å². The van der Waals surface area contributed by atoms with Crippen molar-refractivity contribution in [3.63, 3.8) is 0 Å². The van der Waals surface area contributed by atoms with E-state index in [9.17, 15) is 19.6 Å². The van der Waals surface area contributed by atoms with Gasteiger partial charge in [-0.05, 0) is 24.1 Å². The molecule has 1 atom stereocenters. The van der Waals surface area contributed by atoms with E-state index in [-0.39, 0.29) is 30.3 Å². The van der Waals surface area contributed by atoms with Crippen LogP contribution < -0.4 is 10.1 Å².